The Hall–Kier alpha value is -1.31. The van der Waals surface area contributed by atoms with E-state index in [1.54, 1.807) is 13.8 Å². The minimum absolute atomic E-state index is 0.0106. The molecule has 19 nitrogen and oxygen atoms in total. The topological polar surface area (TPSA) is 315 Å². The van der Waals surface area contributed by atoms with Crippen LogP contribution in [0.2, 0.25) is 0 Å². The maximum absolute atomic E-state index is 13.7. The third-order valence-electron chi connectivity index (χ3n) is 18.6. The quantitative estimate of drug-likeness (QED) is 0.0944. The van der Waals surface area contributed by atoms with Gasteiger partial charge in [-0.15, -0.1) is 0 Å². The normalized spacial score (nSPS) is 50.4. The minimum atomic E-state index is -1.80. The van der Waals surface area contributed by atoms with Crippen LogP contribution in [0.1, 0.15) is 107 Å². The lowest BCUT2D eigenvalue weighted by atomic mass is 9.38. The second-order valence-corrected chi connectivity index (χ2v) is 22.8. The summed E-state index contributed by atoms with van der Waals surface area (Å²) in [6.07, 6.45) is -16.9. The molecule has 7 rings (SSSR count). The maximum atomic E-state index is 13.7. The van der Waals surface area contributed by atoms with E-state index in [2.05, 4.69) is 47.6 Å². The Balaban J connectivity index is 1.05. The van der Waals surface area contributed by atoms with Crippen LogP contribution < -0.4 is 0 Å². The standard InChI is InChI=1S/C48H80O19/c1-21(9-13-29(52)45(4,5)67-42-39(61)36(58)33(55)26(19-50)63-42)22-15-16-46(6)28-12-10-23-24(48(28,8)30(53)17-47(22,46)7)11-14-31(44(23,2)3)65-43-40(37(59)34(56)27(20-51)64-43)66-41-38(60)35(57)32(54)25(18-49)62-41/h10,21-22,24-28,30-43,49-51,53-61H,9,11-20H2,1-8H3. The molecule has 24 unspecified atom stereocenters. The van der Waals surface area contributed by atoms with Gasteiger partial charge < -0.3 is 89.7 Å². The molecule has 0 bridgehead atoms. The maximum Gasteiger partial charge on any atom is 0.187 e. The van der Waals surface area contributed by atoms with E-state index >= 15 is 0 Å². The highest BCUT2D eigenvalue weighted by atomic mass is 16.8. The molecular weight excluding hydrogens is 881 g/mol. The van der Waals surface area contributed by atoms with E-state index in [1.807, 2.05) is 0 Å². The van der Waals surface area contributed by atoms with Crippen molar-refractivity contribution < 1.29 is 94.5 Å². The van der Waals surface area contributed by atoms with Gasteiger partial charge in [-0.1, -0.05) is 53.2 Å². The van der Waals surface area contributed by atoms with Crippen LogP contribution in [0.25, 0.3) is 0 Å². The van der Waals surface area contributed by atoms with Crippen molar-refractivity contribution >= 4 is 5.78 Å². The average Bonchev–Trinajstić information content (AvgIpc) is 3.55. The summed E-state index contributed by atoms with van der Waals surface area (Å²) in [5.74, 6) is 0.204. The van der Waals surface area contributed by atoms with Crippen molar-refractivity contribution in [1.82, 2.24) is 0 Å². The second-order valence-electron chi connectivity index (χ2n) is 22.8. The van der Waals surface area contributed by atoms with E-state index in [0.29, 0.717) is 32.1 Å². The second kappa shape index (κ2) is 19.6. The molecule has 3 saturated carbocycles. The number of ketones is 1. The van der Waals surface area contributed by atoms with Crippen LogP contribution in [0, 0.1) is 45.3 Å². The van der Waals surface area contributed by atoms with E-state index in [0.717, 1.165) is 18.4 Å². The summed E-state index contributed by atoms with van der Waals surface area (Å²) in [7, 11) is 0. The molecule has 3 heterocycles. The Bertz CT molecular complexity index is 1760. The fourth-order valence-electron chi connectivity index (χ4n) is 14.1. The molecular formula is C48H80O19. The van der Waals surface area contributed by atoms with Gasteiger partial charge in [0.1, 0.15) is 78.8 Å². The first kappa shape index (κ1) is 53.5. The fraction of sp³-hybridized carbons (Fsp3) is 0.938. The van der Waals surface area contributed by atoms with Crippen LogP contribution in [0.3, 0.4) is 0 Å². The number of carbonyl (C=O) groups is 1. The first-order valence-electron chi connectivity index (χ1n) is 24.4. The molecule has 7 aliphatic rings. The monoisotopic (exact) mass is 961 g/mol. The smallest absolute Gasteiger partial charge is 0.187 e. The Kier molecular flexibility index (Phi) is 15.7. The molecule has 24 atom stereocenters. The number of fused-ring (bicyclic) bond motifs is 5. The highest BCUT2D eigenvalue weighted by molar-refractivity contribution is 5.86. The lowest BCUT2D eigenvalue weighted by Gasteiger charge is -2.67. The minimum Gasteiger partial charge on any atom is -0.394 e. The first-order chi connectivity index (χ1) is 31.2. The van der Waals surface area contributed by atoms with Crippen molar-refractivity contribution in [3.8, 4) is 0 Å². The third-order valence-corrected chi connectivity index (χ3v) is 18.6. The zero-order valence-corrected chi connectivity index (χ0v) is 40.2. The zero-order chi connectivity index (χ0) is 49.5. The number of aliphatic hydroxyl groups excluding tert-OH is 12. The molecule has 6 fully saturated rings. The molecule has 3 aliphatic heterocycles. The van der Waals surface area contributed by atoms with Crippen molar-refractivity contribution in [3.63, 3.8) is 0 Å². The molecule has 0 aromatic carbocycles. The highest BCUT2D eigenvalue weighted by Crippen LogP contribution is 2.75. The van der Waals surface area contributed by atoms with E-state index in [-0.39, 0.29) is 46.7 Å². The van der Waals surface area contributed by atoms with E-state index in [9.17, 15) is 66.1 Å². The predicted octanol–water partition coefficient (Wildman–Crippen LogP) is -0.848. The Morgan fingerprint density at radius 2 is 1.24 bits per heavy atom. The Morgan fingerprint density at radius 1 is 0.701 bits per heavy atom. The van der Waals surface area contributed by atoms with Crippen LogP contribution in [-0.4, -0.2) is 197 Å². The molecule has 0 aromatic heterocycles. The van der Waals surface area contributed by atoms with Crippen LogP contribution in [-0.2, 0) is 33.2 Å². The summed E-state index contributed by atoms with van der Waals surface area (Å²) in [5.41, 5.74) is -1.84. The Labute approximate surface area is 393 Å². The predicted molar refractivity (Wildman–Crippen MR) is 234 cm³/mol. The first-order valence-corrected chi connectivity index (χ1v) is 24.4. The summed E-state index contributed by atoms with van der Waals surface area (Å²) < 4.78 is 35.7. The summed E-state index contributed by atoms with van der Waals surface area (Å²) in [4.78, 5) is 13.7. The number of hydrogen-bond donors (Lipinski definition) is 12. The Morgan fingerprint density at radius 3 is 1.82 bits per heavy atom. The summed E-state index contributed by atoms with van der Waals surface area (Å²) in [5, 5.41) is 127. The number of carbonyl (C=O) groups excluding carboxylic acids is 1. The lowest BCUT2D eigenvalue weighted by Crippen LogP contribution is -2.66. The molecule has 12 N–H and O–H groups in total. The van der Waals surface area contributed by atoms with Crippen LogP contribution in [0.15, 0.2) is 11.6 Å². The van der Waals surface area contributed by atoms with E-state index < -0.39 is 141 Å². The van der Waals surface area contributed by atoms with Crippen LogP contribution >= 0.6 is 0 Å². The molecule has 19 heteroatoms. The number of aliphatic hydroxyl groups is 12. The zero-order valence-electron chi connectivity index (χ0n) is 40.2. The van der Waals surface area contributed by atoms with Gasteiger partial charge in [0, 0.05) is 17.3 Å². The van der Waals surface area contributed by atoms with Crippen molar-refractivity contribution in [3.05, 3.63) is 11.6 Å². The SMILES string of the molecule is CC(CCC(=O)C(C)(C)OC1OC(CO)C(O)C(O)C1O)C1CCC2(C)C3CC=C4C(CCC(OC5OC(CO)C(O)C(O)C5OC5OC(CO)C(O)C(O)C5O)C4(C)C)C3(C)C(O)CC12C. The van der Waals surface area contributed by atoms with Crippen molar-refractivity contribution in [1.29, 1.82) is 0 Å². The lowest BCUT2D eigenvalue weighted by molar-refractivity contribution is -0.375. The molecule has 3 saturated heterocycles. The molecule has 386 valence electrons. The van der Waals surface area contributed by atoms with Gasteiger partial charge in [-0.25, -0.2) is 0 Å². The van der Waals surface area contributed by atoms with Crippen molar-refractivity contribution in [2.75, 3.05) is 19.8 Å². The van der Waals surface area contributed by atoms with Gasteiger partial charge in [-0.2, -0.15) is 0 Å². The molecule has 0 spiro atoms. The number of rotatable bonds is 14. The van der Waals surface area contributed by atoms with Gasteiger partial charge in [0.2, 0.25) is 0 Å². The molecule has 0 amide bonds. The third kappa shape index (κ3) is 8.93. The van der Waals surface area contributed by atoms with Gasteiger partial charge in [0.05, 0.1) is 32.0 Å². The summed E-state index contributed by atoms with van der Waals surface area (Å²) in [6.45, 7) is 14.4. The number of allylic oxidation sites excluding steroid dienone is 1. The van der Waals surface area contributed by atoms with Gasteiger partial charge in [-0.3, -0.25) is 4.79 Å². The molecule has 67 heavy (non-hydrogen) atoms. The summed E-state index contributed by atoms with van der Waals surface area (Å²) in [6, 6.07) is 0. The number of hydrogen-bond acceptors (Lipinski definition) is 19. The largest absolute Gasteiger partial charge is 0.394 e. The fourth-order valence-corrected chi connectivity index (χ4v) is 14.1. The molecule has 4 aliphatic carbocycles. The number of Topliss-reactive ketones (excluding diaryl/α,β-unsaturated/α-hetero) is 1. The van der Waals surface area contributed by atoms with Gasteiger partial charge in [-0.05, 0) is 93.3 Å². The van der Waals surface area contributed by atoms with Gasteiger partial charge in [0.15, 0.2) is 24.7 Å². The highest BCUT2D eigenvalue weighted by Gasteiger charge is 2.70. The van der Waals surface area contributed by atoms with Gasteiger partial charge in [0.25, 0.3) is 0 Å². The van der Waals surface area contributed by atoms with Crippen molar-refractivity contribution in [2.45, 2.75) is 217 Å². The van der Waals surface area contributed by atoms with Crippen LogP contribution in [0.4, 0.5) is 0 Å². The molecule has 0 aromatic rings. The number of ether oxygens (including phenoxy) is 6. The van der Waals surface area contributed by atoms with Crippen molar-refractivity contribution in [2.24, 2.45) is 45.3 Å². The van der Waals surface area contributed by atoms with E-state index in [1.165, 1.54) is 0 Å². The van der Waals surface area contributed by atoms with Gasteiger partial charge >= 0.3 is 0 Å². The molecule has 0 radical (unpaired) electrons. The average molecular weight is 961 g/mol. The summed E-state index contributed by atoms with van der Waals surface area (Å²) >= 11 is 0. The van der Waals surface area contributed by atoms with E-state index in [4.69, 9.17) is 28.4 Å². The van der Waals surface area contributed by atoms with Crippen LogP contribution in [0.5, 0.6) is 0 Å².